The van der Waals surface area contributed by atoms with E-state index in [0.717, 1.165) is 25.9 Å². The highest BCUT2D eigenvalue weighted by atomic mass is 35.5. The number of carbonyl (C=O) groups excluding carboxylic acids is 2. The lowest BCUT2D eigenvalue weighted by molar-refractivity contribution is 0.0655. The zero-order valence-electron chi connectivity index (χ0n) is 13.6. The van der Waals surface area contributed by atoms with E-state index in [4.69, 9.17) is 4.52 Å². The average Bonchev–Trinajstić information content (AvgIpc) is 3.19. The molecule has 0 bridgehead atoms. The molecule has 0 atom stereocenters. The van der Waals surface area contributed by atoms with Crippen molar-refractivity contribution in [2.75, 3.05) is 19.6 Å². The Labute approximate surface area is 151 Å². The number of rotatable bonds is 4. The Morgan fingerprint density at radius 2 is 1.76 bits per heavy atom. The Bertz CT molecular complexity index is 751. The highest BCUT2D eigenvalue weighted by Gasteiger charge is 2.35. The largest absolute Gasteiger partial charge is 0.339 e. The van der Waals surface area contributed by atoms with Gasteiger partial charge in [-0.2, -0.15) is 4.98 Å². The van der Waals surface area contributed by atoms with E-state index in [-0.39, 0.29) is 30.8 Å². The number of aromatic nitrogens is 2. The van der Waals surface area contributed by atoms with E-state index in [0.29, 0.717) is 35.2 Å². The Morgan fingerprint density at radius 3 is 2.40 bits per heavy atom. The minimum atomic E-state index is -0.252. The van der Waals surface area contributed by atoms with Crippen LogP contribution in [0, 0.1) is 0 Å². The number of fused-ring (bicyclic) bond motifs is 1. The molecular weight excluding hydrogens is 344 g/mol. The monoisotopic (exact) mass is 362 g/mol. The minimum Gasteiger partial charge on any atom is -0.339 e. The van der Waals surface area contributed by atoms with Crippen LogP contribution in [0.3, 0.4) is 0 Å². The van der Waals surface area contributed by atoms with Gasteiger partial charge in [-0.25, -0.2) is 0 Å². The molecule has 1 saturated heterocycles. The average molecular weight is 363 g/mol. The fourth-order valence-corrected chi connectivity index (χ4v) is 3.26. The molecule has 1 aromatic carbocycles. The van der Waals surface area contributed by atoms with Gasteiger partial charge < -0.3 is 9.84 Å². The second-order valence-corrected chi connectivity index (χ2v) is 6.13. The second kappa shape index (κ2) is 7.33. The maximum atomic E-state index is 12.3. The fourth-order valence-electron chi connectivity index (χ4n) is 3.26. The quantitative estimate of drug-likeness (QED) is 0.834. The summed E-state index contributed by atoms with van der Waals surface area (Å²) in [5.41, 5.74) is 0.928. The molecule has 132 valence electrons. The number of piperidine rings is 1. The van der Waals surface area contributed by atoms with Crippen molar-refractivity contribution in [3.63, 3.8) is 0 Å². The van der Waals surface area contributed by atoms with Crippen LogP contribution in [-0.4, -0.2) is 46.5 Å². The van der Waals surface area contributed by atoms with Gasteiger partial charge in [0.15, 0.2) is 5.82 Å². The van der Waals surface area contributed by atoms with Gasteiger partial charge in [0, 0.05) is 18.9 Å². The van der Waals surface area contributed by atoms with Crippen LogP contribution in [0.2, 0.25) is 0 Å². The molecule has 0 aliphatic carbocycles. The van der Waals surface area contributed by atoms with Crippen molar-refractivity contribution >= 4 is 24.2 Å². The van der Waals surface area contributed by atoms with Crippen molar-refractivity contribution in [2.24, 2.45) is 0 Å². The number of imide groups is 1. The van der Waals surface area contributed by atoms with Crippen molar-refractivity contribution in [3.05, 3.63) is 47.1 Å². The summed E-state index contributed by atoms with van der Waals surface area (Å²) in [6, 6.07) is 6.88. The molecule has 25 heavy (non-hydrogen) atoms. The van der Waals surface area contributed by atoms with Gasteiger partial charge in [0.05, 0.1) is 11.1 Å². The number of benzene rings is 1. The fraction of sp³-hybridized carbons (Fsp3) is 0.412. The van der Waals surface area contributed by atoms with E-state index in [1.54, 1.807) is 24.3 Å². The van der Waals surface area contributed by atoms with Crippen LogP contribution in [0.15, 0.2) is 28.8 Å². The van der Waals surface area contributed by atoms with Crippen molar-refractivity contribution < 1.29 is 14.1 Å². The highest BCUT2D eigenvalue weighted by molar-refractivity contribution is 6.21. The summed E-state index contributed by atoms with van der Waals surface area (Å²) in [5.74, 6) is 0.996. The normalized spacial score (nSPS) is 17.5. The summed E-state index contributed by atoms with van der Waals surface area (Å²) < 4.78 is 5.36. The number of hydrogen-bond donors (Lipinski definition) is 1. The first-order valence-electron chi connectivity index (χ1n) is 8.22. The Kier molecular flexibility index (Phi) is 5.15. The van der Waals surface area contributed by atoms with E-state index in [1.165, 1.54) is 4.90 Å². The summed E-state index contributed by atoms with van der Waals surface area (Å²) >= 11 is 0. The maximum Gasteiger partial charge on any atom is 0.261 e. The summed E-state index contributed by atoms with van der Waals surface area (Å²) in [5, 5.41) is 7.30. The van der Waals surface area contributed by atoms with Crippen LogP contribution >= 0.6 is 12.4 Å². The molecule has 0 spiro atoms. The summed E-state index contributed by atoms with van der Waals surface area (Å²) in [6.45, 7) is 2.17. The number of halogens is 1. The standard InChI is InChI=1S/C17H18N4O3.ClH/c22-16-12-3-1-2-4-13(12)17(23)21(16)10-7-14-19-15(24-20-14)11-5-8-18-9-6-11;/h1-4,11,18H,5-10H2;1H. The molecule has 2 aliphatic rings. The topological polar surface area (TPSA) is 88.3 Å². The van der Waals surface area contributed by atoms with E-state index in [2.05, 4.69) is 15.5 Å². The highest BCUT2D eigenvalue weighted by Crippen LogP contribution is 2.24. The summed E-state index contributed by atoms with van der Waals surface area (Å²) in [7, 11) is 0. The Hall–Kier alpha value is -2.25. The van der Waals surface area contributed by atoms with Crippen LogP contribution in [-0.2, 0) is 6.42 Å². The first-order chi connectivity index (χ1) is 11.7. The predicted octanol–water partition coefficient (Wildman–Crippen LogP) is 1.80. The smallest absolute Gasteiger partial charge is 0.261 e. The molecule has 0 saturated carbocycles. The van der Waals surface area contributed by atoms with Crippen molar-refractivity contribution in [1.82, 2.24) is 20.4 Å². The Balaban J connectivity index is 0.00000182. The van der Waals surface area contributed by atoms with Crippen molar-refractivity contribution in [2.45, 2.75) is 25.2 Å². The third-order valence-corrected chi connectivity index (χ3v) is 4.61. The zero-order valence-corrected chi connectivity index (χ0v) is 14.4. The van der Waals surface area contributed by atoms with Crippen LogP contribution in [0.5, 0.6) is 0 Å². The number of amides is 2. The van der Waals surface area contributed by atoms with Gasteiger partial charge in [-0.3, -0.25) is 14.5 Å². The van der Waals surface area contributed by atoms with E-state index in [1.807, 2.05) is 0 Å². The van der Waals surface area contributed by atoms with E-state index < -0.39 is 0 Å². The molecule has 4 rings (SSSR count). The number of carbonyl (C=O) groups is 2. The van der Waals surface area contributed by atoms with Gasteiger partial charge in [0.1, 0.15) is 0 Å². The molecule has 2 aromatic rings. The number of hydrogen-bond acceptors (Lipinski definition) is 6. The number of nitrogens with zero attached hydrogens (tertiary/aromatic N) is 3. The third-order valence-electron chi connectivity index (χ3n) is 4.61. The van der Waals surface area contributed by atoms with Gasteiger partial charge in [-0.15, -0.1) is 12.4 Å². The first-order valence-corrected chi connectivity index (χ1v) is 8.22. The molecule has 1 fully saturated rings. The molecule has 0 unspecified atom stereocenters. The predicted molar refractivity (Wildman–Crippen MR) is 91.9 cm³/mol. The molecular formula is C17H19ClN4O3. The Morgan fingerprint density at radius 1 is 1.12 bits per heavy atom. The summed E-state index contributed by atoms with van der Waals surface area (Å²) in [6.07, 6.45) is 2.38. The summed E-state index contributed by atoms with van der Waals surface area (Å²) in [4.78, 5) is 30.3. The lowest BCUT2D eigenvalue weighted by Crippen LogP contribution is -2.32. The van der Waals surface area contributed by atoms with Crippen LogP contribution < -0.4 is 5.32 Å². The maximum absolute atomic E-state index is 12.3. The lowest BCUT2D eigenvalue weighted by atomic mass is 9.98. The molecule has 2 amide bonds. The van der Waals surface area contributed by atoms with E-state index >= 15 is 0 Å². The lowest BCUT2D eigenvalue weighted by Gasteiger charge is -2.18. The third kappa shape index (κ3) is 3.29. The van der Waals surface area contributed by atoms with Crippen molar-refractivity contribution in [3.8, 4) is 0 Å². The number of nitrogens with one attached hydrogen (secondary N) is 1. The van der Waals surface area contributed by atoms with Crippen LogP contribution in [0.1, 0.15) is 51.2 Å². The molecule has 0 radical (unpaired) electrons. The molecule has 7 nitrogen and oxygen atoms in total. The minimum absolute atomic E-state index is 0. The van der Waals surface area contributed by atoms with Gasteiger partial charge in [-0.1, -0.05) is 17.3 Å². The zero-order chi connectivity index (χ0) is 16.5. The molecule has 3 heterocycles. The molecule has 1 aromatic heterocycles. The first kappa shape index (κ1) is 17.6. The van der Waals surface area contributed by atoms with Crippen LogP contribution in [0.25, 0.3) is 0 Å². The molecule has 8 heteroatoms. The molecule has 1 N–H and O–H groups in total. The SMILES string of the molecule is Cl.O=C1c2ccccc2C(=O)N1CCc1noc(C2CCNCC2)n1. The molecule has 2 aliphatic heterocycles. The van der Waals surface area contributed by atoms with Gasteiger partial charge in [-0.05, 0) is 38.1 Å². The van der Waals surface area contributed by atoms with Crippen molar-refractivity contribution in [1.29, 1.82) is 0 Å². The van der Waals surface area contributed by atoms with Gasteiger partial charge in [0.25, 0.3) is 11.8 Å². The van der Waals surface area contributed by atoms with Gasteiger partial charge >= 0.3 is 0 Å². The van der Waals surface area contributed by atoms with Crippen LogP contribution in [0.4, 0.5) is 0 Å². The van der Waals surface area contributed by atoms with Gasteiger partial charge in [0.2, 0.25) is 5.89 Å². The van der Waals surface area contributed by atoms with E-state index in [9.17, 15) is 9.59 Å². The second-order valence-electron chi connectivity index (χ2n) is 6.13.